The number of halogens is 2. The van der Waals surface area contributed by atoms with E-state index in [0.29, 0.717) is 13.1 Å². The predicted molar refractivity (Wildman–Crippen MR) is 124 cm³/mol. The van der Waals surface area contributed by atoms with Crippen molar-refractivity contribution in [1.82, 2.24) is 15.6 Å². The molecule has 1 fully saturated rings. The Bertz CT molecular complexity index is 805. The number of hydrogen-bond donors (Lipinski definition) is 2. The summed E-state index contributed by atoms with van der Waals surface area (Å²) in [6, 6.07) is 11.1. The molecule has 5 nitrogen and oxygen atoms in total. The third kappa shape index (κ3) is 5.56. The van der Waals surface area contributed by atoms with Crippen molar-refractivity contribution in [1.29, 1.82) is 0 Å². The van der Waals surface area contributed by atoms with Crippen LogP contribution < -0.4 is 15.5 Å². The van der Waals surface area contributed by atoms with Crippen molar-refractivity contribution in [3.63, 3.8) is 0 Å². The summed E-state index contributed by atoms with van der Waals surface area (Å²) >= 11 is 0. The van der Waals surface area contributed by atoms with Gasteiger partial charge in [0, 0.05) is 38.8 Å². The minimum absolute atomic E-state index is 0. The number of nitrogens with one attached hydrogen (secondary N) is 2. The quantitative estimate of drug-likeness (QED) is 0.348. The van der Waals surface area contributed by atoms with Crippen molar-refractivity contribution in [3.05, 3.63) is 59.5 Å². The molecular weight excluding hydrogens is 468 g/mol. The summed E-state index contributed by atoms with van der Waals surface area (Å²) in [6.45, 7) is 4.06. The topological polar surface area (TPSA) is 52.6 Å². The van der Waals surface area contributed by atoms with E-state index < -0.39 is 0 Å². The van der Waals surface area contributed by atoms with Gasteiger partial charge in [-0.1, -0.05) is 18.2 Å². The molecule has 0 atom stereocenters. The molecule has 28 heavy (non-hydrogen) atoms. The maximum atomic E-state index is 14.2. The number of aliphatic imine (C=N–C) groups is 1. The molecule has 1 aliphatic rings. The zero-order valence-corrected chi connectivity index (χ0v) is 19.0. The van der Waals surface area contributed by atoms with Crippen molar-refractivity contribution in [3.8, 4) is 0 Å². The van der Waals surface area contributed by atoms with Gasteiger partial charge >= 0.3 is 0 Å². The van der Waals surface area contributed by atoms with Crippen LogP contribution in [0.15, 0.2) is 47.6 Å². The lowest BCUT2D eigenvalue weighted by Crippen LogP contribution is -2.41. The van der Waals surface area contributed by atoms with Crippen molar-refractivity contribution >= 4 is 35.8 Å². The van der Waals surface area contributed by atoms with Gasteiger partial charge in [0.15, 0.2) is 5.96 Å². The number of rotatable bonds is 7. The summed E-state index contributed by atoms with van der Waals surface area (Å²) in [7, 11) is 3.94. The van der Waals surface area contributed by atoms with Crippen molar-refractivity contribution < 1.29 is 4.39 Å². The standard InChI is InChI=1S/C21H28FN5.HI/c1-4-23-20(25-14-16-9-12-24-19(13-16)27(2)3)26-15-21(10-11-21)17-7-5-6-8-18(17)22;/h5-9,12-13H,4,10-11,14-15H2,1-3H3,(H2,23,25,26);1H. The van der Waals surface area contributed by atoms with Crippen molar-refractivity contribution in [2.45, 2.75) is 31.7 Å². The van der Waals surface area contributed by atoms with E-state index in [9.17, 15) is 4.39 Å². The predicted octanol–water partition coefficient (Wildman–Crippen LogP) is 3.69. The number of nitrogens with zero attached hydrogens (tertiary/aromatic N) is 3. The van der Waals surface area contributed by atoms with E-state index in [1.54, 1.807) is 18.3 Å². The molecule has 0 bridgehead atoms. The summed E-state index contributed by atoms with van der Waals surface area (Å²) in [6.07, 6.45) is 3.80. The summed E-state index contributed by atoms with van der Waals surface area (Å²) in [5, 5.41) is 6.68. The first-order valence-corrected chi connectivity index (χ1v) is 9.43. The van der Waals surface area contributed by atoms with Crippen LogP contribution >= 0.6 is 24.0 Å². The molecule has 2 N–H and O–H groups in total. The highest BCUT2D eigenvalue weighted by molar-refractivity contribution is 14.0. The van der Waals surface area contributed by atoms with E-state index >= 15 is 0 Å². The van der Waals surface area contributed by atoms with E-state index in [1.165, 1.54) is 0 Å². The molecule has 1 aromatic heterocycles. The Labute approximate surface area is 183 Å². The first-order chi connectivity index (χ1) is 13.0. The van der Waals surface area contributed by atoms with Crippen molar-refractivity contribution in [2.24, 2.45) is 4.99 Å². The second-order valence-corrected chi connectivity index (χ2v) is 7.23. The fourth-order valence-corrected chi connectivity index (χ4v) is 3.15. The number of pyridine rings is 1. The molecule has 1 saturated carbocycles. The van der Waals surface area contributed by atoms with Gasteiger partial charge in [0.25, 0.3) is 0 Å². The highest BCUT2D eigenvalue weighted by Crippen LogP contribution is 2.48. The van der Waals surface area contributed by atoms with Crippen LogP contribution in [-0.4, -0.2) is 38.1 Å². The van der Waals surface area contributed by atoms with Gasteiger partial charge in [-0.05, 0) is 49.1 Å². The first-order valence-electron chi connectivity index (χ1n) is 9.43. The van der Waals surface area contributed by atoms with Crippen LogP contribution in [0.5, 0.6) is 0 Å². The Balaban J connectivity index is 0.00000280. The molecule has 0 unspecified atom stereocenters. The van der Waals surface area contributed by atoms with Crippen LogP contribution in [0.4, 0.5) is 10.2 Å². The lowest BCUT2D eigenvalue weighted by molar-refractivity contribution is 0.559. The summed E-state index contributed by atoms with van der Waals surface area (Å²) in [4.78, 5) is 11.0. The molecule has 7 heteroatoms. The molecule has 0 radical (unpaired) electrons. The first kappa shape index (κ1) is 22.4. The van der Waals surface area contributed by atoms with Crippen LogP contribution in [0.1, 0.15) is 30.9 Å². The lowest BCUT2D eigenvalue weighted by Gasteiger charge is -2.19. The molecule has 2 aromatic rings. The third-order valence-electron chi connectivity index (χ3n) is 4.93. The van der Waals surface area contributed by atoms with Gasteiger partial charge in [-0.3, -0.25) is 0 Å². The van der Waals surface area contributed by atoms with Crippen LogP contribution in [0.3, 0.4) is 0 Å². The van der Waals surface area contributed by atoms with E-state index in [0.717, 1.165) is 42.3 Å². The Morgan fingerprint density at radius 1 is 1.21 bits per heavy atom. The van der Waals surface area contributed by atoms with Crippen molar-refractivity contribution in [2.75, 3.05) is 32.1 Å². The van der Waals surface area contributed by atoms with Gasteiger partial charge < -0.3 is 15.5 Å². The SMILES string of the molecule is CCNC(=NCc1ccnc(N(C)C)c1)NCC1(c2ccccc2F)CC1.I. The second-order valence-electron chi connectivity index (χ2n) is 7.23. The summed E-state index contributed by atoms with van der Waals surface area (Å²) in [5.74, 6) is 1.55. The average molecular weight is 497 g/mol. The van der Waals surface area contributed by atoms with Crippen LogP contribution in [0.25, 0.3) is 0 Å². The van der Waals surface area contributed by atoms with E-state index in [4.69, 9.17) is 0 Å². The maximum absolute atomic E-state index is 14.2. The van der Waals surface area contributed by atoms with Gasteiger partial charge in [-0.15, -0.1) is 24.0 Å². The van der Waals surface area contributed by atoms with E-state index in [2.05, 4.69) is 20.6 Å². The smallest absolute Gasteiger partial charge is 0.191 e. The molecule has 1 heterocycles. The zero-order chi connectivity index (χ0) is 19.3. The van der Waals surface area contributed by atoms with Crippen LogP contribution in [0.2, 0.25) is 0 Å². The van der Waals surface area contributed by atoms with Gasteiger partial charge in [-0.25, -0.2) is 14.4 Å². The average Bonchev–Trinajstić information content (AvgIpc) is 3.45. The normalized spacial score (nSPS) is 14.8. The molecule has 1 aromatic carbocycles. The monoisotopic (exact) mass is 497 g/mol. The lowest BCUT2D eigenvalue weighted by atomic mass is 9.95. The van der Waals surface area contributed by atoms with E-state index in [1.807, 2.05) is 50.2 Å². The third-order valence-corrected chi connectivity index (χ3v) is 4.93. The van der Waals surface area contributed by atoms with Crippen LogP contribution in [-0.2, 0) is 12.0 Å². The number of guanidine groups is 1. The second kappa shape index (κ2) is 10.0. The van der Waals surface area contributed by atoms with Gasteiger partial charge in [-0.2, -0.15) is 0 Å². The fourth-order valence-electron chi connectivity index (χ4n) is 3.15. The molecule has 0 saturated heterocycles. The Morgan fingerprint density at radius 2 is 1.96 bits per heavy atom. The molecule has 0 aliphatic heterocycles. The minimum Gasteiger partial charge on any atom is -0.363 e. The maximum Gasteiger partial charge on any atom is 0.191 e. The molecular formula is C21H29FIN5. The molecule has 0 spiro atoms. The highest BCUT2D eigenvalue weighted by atomic mass is 127. The molecule has 0 amide bonds. The Kier molecular flexibility index (Phi) is 8.03. The van der Waals surface area contributed by atoms with Crippen LogP contribution in [0, 0.1) is 5.82 Å². The molecule has 3 rings (SSSR count). The summed E-state index contributed by atoms with van der Waals surface area (Å²) in [5.41, 5.74) is 1.79. The van der Waals surface area contributed by atoms with Gasteiger partial charge in [0.2, 0.25) is 0 Å². The van der Waals surface area contributed by atoms with E-state index in [-0.39, 0.29) is 35.2 Å². The molecule has 1 aliphatic carbocycles. The largest absolute Gasteiger partial charge is 0.363 e. The number of anilines is 1. The number of aromatic nitrogens is 1. The van der Waals surface area contributed by atoms with Gasteiger partial charge in [0.05, 0.1) is 6.54 Å². The fraction of sp³-hybridized carbons (Fsp3) is 0.429. The highest BCUT2D eigenvalue weighted by Gasteiger charge is 2.45. The number of benzene rings is 1. The van der Waals surface area contributed by atoms with Gasteiger partial charge in [0.1, 0.15) is 11.6 Å². The zero-order valence-electron chi connectivity index (χ0n) is 16.7. The Hall–Kier alpha value is -1.90. The molecule has 152 valence electrons. The Morgan fingerprint density at radius 3 is 2.61 bits per heavy atom. The minimum atomic E-state index is -0.119. The summed E-state index contributed by atoms with van der Waals surface area (Å²) < 4.78 is 14.2. The number of hydrogen-bond acceptors (Lipinski definition) is 3.